The van der Waals surface area contributed by atoms with Gasteiger partial charge >= 0.3 is 87.6 Å². The zero-order valence-electron chi connectivity index (χ0n) is 2.60. The topological polar surface area (TPSA) is 89.0 Å². The van der Waals surface area contributed by atoms with Crippen LogP contribution in [0.15, 0.2) is 0 Å². The molecule has 7 heteroatoms. The van der Waals surface area contributed by atoms with Crippen LogP contribution in [0.5, 0.6) is 0 Å². The van der Waals surface area contributed by atoms with E-state index in [1.807, 2.05) is 0 Å². The Morgan fingerprint density at radius 2 is 1.43 bits per heavy atom. The van der Waals surface area contributed by atoms with Crippen molar-refractivity contribution in [2.75, 3.05) is 0 Å². The van der Waals surface area contributed by atoms with Crippen LogP contribution in [0.2, 0.25) is 0 Å². The second-order valence-corrected chi connectivity index (χ2v) is 3.31. The first-order valence-electron chi connectivity index (χ1n) is 0.741. The number of hydrogen-bond donors (Lipinski definition) is 2. The van der Waals surface area contributed by atoms with E-state index in [0.717, 1.165) is 0 Å². The van der Waals surface area contributed by atoms with Crippen molar-refractivity contribution in [3.63, 3.8) is 0 Å². The van der Waals surface area contributed by atoms with Gasteiger partial charge in [0.2, 0.25) is 0 Å². The van der Waals surface area contributed by atoms with Crippen LogP contribution in [0, 0.1) is 0 Å². The van der Waals surface area contributed by atoms with Crippen molar-refractivity contribution in [2.24, 2.45) is 0 Å². The van der Waals surface area contributed by atoms with Gasteiger partial charge in [-0.2, -0.15) is 0 Å². The summed E-state index contributed by atoms with van der Waals surface area (Å²) in [5.74, 6) is 0. The first kappa shape index (κ1) is 16.1. The standard InChI is InChI=1S/Fe.K.HO3P.H2O.H/c;;1-4(2)3;;/h;;(H-,1,2,3);1H2;/q-1;;;;/p+1. The van der Waals surface area contributed by atoms with Gasteiger partial charge in [0.05, 0.1) is 0 Å². The molecule has 0 rings (SSSR count). The fraction of sp³-hybridized carbons (Fsp3) is 0. The molecule has 0 amide bonds. The molecule has 0 heterocycles. The zero-order chi connectivity index (χ0) is 4.50. The van der Waals surface area contributed by atoms with Crippen LogP contribution in [0.1, 0.15) is 0 Å². The molecule has 0 atom stereocenters. The molecule has 0 radical (unpaired) electrons. The fourth-order valence-corrected chi connectivity index (χ4v) is 0. The van der Waals surface area contributed by atoms with Crippen LogP contribution in [-0.2, 0) is 20.1 Å². The van der Waals surface area contributed by atoms with Gasteiger partial charge in [0, 0.05) is 0 Å². The summed E-state index contributed by atoms with van der Waals surface area (Å²) in [6.45, 7) is 0. The third-order valence-corrected chi connectivity index (χ3v) is 0. The summed E-state index contributed by atoms with van der Waals surface area (Å²) < 4.78 is 9.22. The summed E-state index contributed by atoms with van der Waals surface area (Å²) in [5, 5.41) is 0. The molecule has 0 spiro atoms. The van der Waals surface area contributed by atoms with Gasteiger partial charge in [-0.3, -0.25) is 0 Å². The van der Waals surface area contributed by atoms with E-state index in [-0.39, 0.29) is 56.9 Å². The van der Waals surface area contributed by atoms with Gasteiger partial charge in [0.1, 0.15) is 0 Å². The van der Waals surface area contributed by atoms with E-state index < -0.39 is 6.29 Å². The molecule has 0 aliphatic heterocycles. The van der Waals surface area contributed by atoms with Crippen LogP contribution in [0.3, 0.4) is 0 Å². The van der Waals surface area contributed by atoms with E-state index in [1.54, 1.807) is 0 Å². The summed E-state index contributed by atoms with van der Waals surface area (Å²) in [6.07, 6.45) is -3.89. The summed E-state index contributed by atoms with van der Waals surface area (Å²) in [6, 6.07) is 0. The minimum absolute atomic E-state index is 0. The van der Waals surface area contributed by atoms with Gasteiger partial charge in [0.25, 0.3) is 0 Å². The second kappa shape index (κ2) is 6.39. The van der Waals surface area contributed by atoms with Gasteiger partial charge in [-0.1, -0.05) is 0 Å². The molecule has 0 saturated carbocycles. The molecular formula is H5FeKO4P. The number of rotatable bonds is 0. The monoisotopic (exact) mass is 195 g/mol. The van der Waals surface area contributed by atoms with E-state index in [9.17, 15) is 4.57 Å². The van der Waals surface area contributed by atoms with Crippen molar-refractivity contribution < 1.29 is 35.4 Å². The summed E-state index contributed by atoms with van der Waals surface area (Å²) in [4.78, 5) is 15.0. The van der Waals surface area contributed by atoms with Crippen molar-refractivity contribution in [2.45, 2.75) is 0 Å². The van der Waals surface area contributed by atoms with Crippen LogP contribution >= 0.6 is 6.29 Å². The summed E-state index contributed by atoms with van der Waals surface area (Å²) in [5.41, 5.74) is 0. The predicted octanol–water partition coefficient (Wildman–Crippen LogP) is -1.85. The van der Waals surface area contributed by atoms with Crippen molar-refractivity contribution >= 4 is 57.7 Å². The fourth-order valence-electron chi connectivity index (χ4n) is 0. The van der Waals surface area contributed by atoms with Crippen molar-refractivity contribution in [3.8, 4) is 0 Å². The Morgan fingerprint density at radius 3 is 1.43 bits per heavy atom. The third-order valence-electron chi connectivity index (χ3n) is 0. The molecule has 4 N–H and O–H groups in total. The molecule has 0 aliphatic rings. The number of hydrogen-bond acceptors (Lipinski definition) is 1. The molecular weight excluding hydrogens is 190 g/mol. The zero-order valence-corrected chi connectivity index (χ0v) is 4.60. The van der Waals surface area contributed by atoms with E-state index in [4.69, 9.17) is 9.79 Å². The molecule has 0 bridgehead atoms. The Balaban J connectivity index is -0.0000000800. The Bertz CT molecular complexity index is 57.8. The minimum atomic E-state index is -3.89. The van der Waals surface area contributed by atoms with Gasteiger partial charge < -0.3 is 5.48 Å². The van der Waals surface area contributed by atoms with E-state index in [1.165, 1.54) is 0 Å². The van der Waals surface area contributed by atoms with E-state index >= 15 is 0 Å². The molecule has 43 valence electrons. The summed E-state index contributed by atoms with van der Waals surface area (Å²) in [7, 11) is 0. The van der Waals surface area contributed by atoms with Gasteiger partial charge in [-0.15, -0.1) is 0 Å². The normalized spacial score (nSPS) is 8.43. The molecule has 0 aromatic heterocycles. The predicted molar refractivity (Wildman–Crippen MR) is 22.8 cm³/mol. The van der Waals surface area contributed by atoms with Crippen molar-refractivity contribution in [3.05, 3.63) is 0 Å². The van der Waals surface area contributed by atoms with Crippen LogP contribution < -0.4 is 0 Å². The van der Waals surface area contributed by atoms with Crippen molar-refractivity contribution in [1.29, 1.82) is 0 Å². The molecule has 0 unspecified atom stereocenters. The van der Waals surface area contributed by atoms with Crippen LogP contribution in [0.25, 0.3) is 0 Å². The SMILES string of the molecule is O.O=[P](O)(O)[Fe].[KH]. The maximum atomic E-state index is 9.22. The van der Waals surface area contributed by atoms with E-state index in [0.29, 0.717) is 0 Å². The first-order valence-corrected chi connectivity index (χ1v) is 3.70. The van der Waals surface area contributed by atoms with E-state index in [2.05, 4.69) is 15.6 Å². The Labute approximate surface area is 91.4 Å². The Hall–Kier alpha value is 2.27. The summed E-state index contributed by atoms with van der Waals surface area (Å²) >= 11 is 2.44. The second-order valence-electron chi connectivity index (χ2n) is 0.459. The van der Waals surface area contributed by atoms with Crippen molar-refractivity contribution in [1.82, 2.24) is 0 Å². The average molecular weight is 195 g/mol. The molecule has 0 saturated heterocycles. The molecule has 0 fully saturated rings. The quantitative estimate of drug-likeness (QED) is 0.351. The van der Waals surface area contributed by atoms with Gasteiger partial charge in [0.15, 0.2) is 0 Å². The Morgan fingerprint density at radius 1 is 1.43 bits per heavy atom. The maximum absolute atomic E-state index is 9.22. The van der Waals surface area contributed by atoms with Crippen LogP contribution in [-0.4, -0.2) is 66.6 Å². The first-order chi connectivity index (χ1) is 2.00. The third kappa shape index (κ3) is 63.2. The van der Waals surface area contributed by atoms with Gasteiger partial charge in [-0.05, 0) is 0 Å². The molecule has 0 aromatic rings. The molecule has 0 aliphatic carbocycles. The Kier molecular flexibility index (Phi) is 14.7. The molecule has 7 heavy (non-hydrogen) atoms. The molecule has 4 nitrogen and oxygen atoms in total. The molecule has 0 aromatic carbocycles. The van der Waals surface area contributed by atoms with Gasteiger partial charge in [-0.25, -0.2) is 0 Å². The van der Waals surface area contributed by atoms with Crippen LogP contribution in [0.4, 0.5) is 0 Å². The average Bonchev–Trinajstić information content (AvgIpc) is 0.722.